The average Bonchev–Trinajstić information content (AvgIpc) is 2.78. The molecule has 2 rings (SSSR count). The Labute approximate surface area is 110 Å². The van der Waals surface area contributed by atoms with Gasteiger partial charge in [0.05, 0.1) is 0 Å². The summed E-state index contributed by atoms with van der Waals surface area (Å²) in [5.74, 6) is -0.740. The fraction of sp³-hybridized carbons (Fsp3) is 0.500. The van der Waals surface area contributed by atoms with Crippen LogP contribution < -0.4 is 5.32 Å². The molecule has 1 N–H and O–H groups in total. The van der Waals surface area contributed by atoms with Crippen LogP contribution >= 0.6 is 0 Å². The topological polar surface area (TPSA) is 29.1 Å². The van der Waals surface area contributed by atoms with Gasteiger partial charge in [-0.05, 0) is 25.5 Å². The molecule has 1 unspecified atom stereocenters. The minimum absolute atomic E-state index is 0.164. The molecule has 0 spiro atoms. The summed E-state index contributed by atoms with van der Waals surface area (Å²) in [4.78, 5) is 12.1. The van der Waals surface area contributed by atoms with Gasteiger partial charge >= 0.3 is 6.18 Å². The molecule has 1 atom stereocenters. The molecule has 0 radical (unpaired) electrons. The largest absolute Gasteiger partial charge is 0.402 e. The van der Waals surface area contributed by atoms with Crippen molar-refractivity contribution in [1.29, 1.82) is 0 Å². The summed E-state index contributed by atoms with van der Waals surface area (Å²) >= 11 is 0. The summed E-state index contributed by atoms with van der Waals surface area (Å²) in [5.41, 5.74) is -0.632. The van der Waals surface area contributed by atoms with Crippen molar-refractivity contribution in [2.75, 3.05) is 13.1 Å². The number of ketones is 1. The second-order valence-electron chi connectivity index (χ2n) is 5.10. The summed E-state index contributed by atoms with van der Waals surface area (Å²) < 4.78 is 39.6. The maximum atomic E-state index is 13.2. The van der Waals surface area contributed by atoms with Gasteiger partial charge in [-0.2, -0.15) is 13.2 Å². The molecule has 0 saturated carbocycles. The van der Waals surface area contributed by atoms with E-state index in [1.807, 2.05) is 13.0 Å². The first kappa shape index (κ1) is 14.1. The summed E-state index contributed by atoms with van der Waals surface area (Å²) in [6.07, 6.45) is -4.82. The molecule has 2 nitrogen and oxygen atoms in total. The van der Waals surface area contributed by atoms with E-state index in [2.05, 4.69) is 5.32 Å². The highest BCUT2D eigenvalue weighted by Gasteiger charge is 2.60. The maximum Gasteiger partial charge on any atom is 0.402 e. The van der Waals surface area contributed by atoms with Gasteiger partial charge in [-0.25, -0.2) is 0 Å². The van der Waals surface area contributed by atoms with Crippen LogP contribution in [0.1, 0.15) is 17.5 Å². The number of hydrogen-bond donors (Lipinski definition) is 1. The highest BCUT2D eigenvalue weighted by molar-refractivity contribution is 5.88. The molecule has 1 heterocycles. The predicted octanol–water partition coefficient (Wildman–Crippen LogP) is 2.65. The van der Waals surface area contributed by atoms with Crippen LogP contribution in [0.3, 0.4) is 0 Å². The van der Waals surface area contributed by atoms with Crippen molar-refractivity contribution in [2.24, 2.45) is 5.41 Å². The van der Waals surface area contributed by atoms with E-state index >= 15 is 0 Å². The number of carbonyl (C=O) groups excluding carboxylic acids is 1. The normalized spacial score (nSPS) is 23.6. The molecule has 1 aliphatic heterocycles. The lowest BCUT2D eigenvalue weighted by atomic mass is 9.79. The lowest BCUT2D eigenvalue weighted by molar-refractivity contribution is -0.214. The molecule has 0 amide bonds. The number of Topliss-reactive ketones (excluding diaryl/α,β-unsaturated/α-hetero) is 1. The quantitative estimate of drug-likeness (QED) is 0.915. The van der Waals surface area contributed by atoms with Crippen molar-refractivity contribution in [3.05, 3.63) is 35.4 Å². The molecule has 1 aliphatic rings. The molecule has 1 aromatic rings. The Morgan fingerprint density at radius 3 is 2.68 bits per heavy atom. The molecule has 0 bridgehead atoms. The van der Waals surface area contributed by atoms with Gasteiger partial charge in [0.1, 0.15) is 5.41 Å². The van der Waals surface area contributed by atoms with Crippen LogP contribution in [0.2, 0.25) is 0 Å². The van der Waals surface area contributed by atoms with Gasteiger partial charge in [-0.15, -0.1) is 0 Å². The van der Waals surface area contributed by atoms with E-state index in [0.29, 0.717) is 5.56 Å². The minimum atomic E-state index is -4.49. The molecule has 1 saturated heterocycles. The van der Waals surface area contributed by atoms with Crippen LogP contribution in [0.25, 0.3) is 0 Å². The fourth-order valence-electron chi connectivity index (χ4n) is 2.51. The van der Waals surface area contributed by atoms with Gasteiger partial charge in [0, 0.05) is 13.0 Å². The Morgan fingerprint density at radius 2 is 2.16 bits per heavy atom. The van der Waals surface area contributed by atoms with Gasteiger partial charge in [-0.3, -0.25) is 4.79 Å². The SMILES string of the molecule is Cc1cccc(CC(=O)C2(C(F)(F)F)CCNC2)c1. The third kappa shape index (κ3) is 2.66. The zero-order chi connectivity index (χ0) is 14.1. The standard InChI is InChI=1S/C14H16F3NO/c1-10-3-2-4-11(7-10)8-12(19)13(14(15,16)17)5-6-18-9-13/h2-4,7,18H,5-6,8-9H2,1H3. The molecule has 5 heteroatoms. The zero-order valence-electron chi connectivity index (χ0n) is 10.7. The van der Waals surface area contributed by atoms with E-state index in [4.69, 9.17) is 0 Å². The molecular weight excluding hydrogens is 255 g/mol. The van der Waals surface area contributed by atoms with Crippen LogP contribution in [0, 0.1) is 12.3 Å². The third-order valence-electron chi connectivity index (χ3n) is 3.68. The number of alkyl halides is 3. The van der Waals surface area contributed by atoms with Gasteiger partial charge in [0.25, 0.3) is 0 Å². The van der Waals surface area contributed by atoms with Crippen molar-refractivity contribution in [2.45, 2.75) is 25.9 Å². The van der Waals surface area contributed by atoms with Crippen LogP contribution in [0.15, 0.2) is 24.3 Å². The number of benzene rings is 1. The van der Waals surface area contributed by atoms with Gasteiger partial charge in [-0.1, -0.05) is 29.8 Å². The van der Waals surface area contributed by atoms with E-state index in [0.717, 1.165) is 5.56 Å². The second-order valence-corrected chi connectivity index (χ2v) is 5.10. The van der Waals surface area contributed by atoms with E-state index in [1.54, 1.807) is 18.2 Å². The van der Waals surface area contributed by atoms with Gasteiger partial charge in [0.2, 0.25) is 0 Å². The zero-order valence-corrected chi connectivity index (χ0v) is 10.7. The molecule has 1 aromatic carbocycles. The Kier molecular flexibility index (Phi) is 3.67. The highest BCUT2D eigenvalue weighted by Crippen LogP contribution is 2.44. The van der Waals surface area contributed by atoms with E-state index in [1.165, 1.54) is 0 Å². The molecule has 19 heavy (non-hydrogen) atoms. The van der Waals surface area contributed by atoms with E-state index < -0.39 is 17.4 Å². The van der Waals surface area contributed by atoms with Gasteiger partial charge < -0.3 is 5.32 Å². The third-order valence-corrected chi connectivity index (χ3v) is 3.68. The predicted molar refractivity (Wildman–Crippen MR) is 65.9 cm³/mol. The number of carbonyl (C=O) groups is 1. The monoisotopic (exact) mass is 271 g/mol. The van der Waals surface area contributed by atoms with Crippen molar-refractivity contribution in [1.82, 2.24) is 5.32 Å². The van der Waals surface area contributed by atoms with Gasteiger partial charge in [0.15, 0.2) is 5.78 Å². The smallest absolute Gasteiger partial charge is 0.315 e. The van der Waals surface area contributed by atoms with Crippen molar-refractivity contribution in [3.63, 3.8) is 0 Å². The van der Waals surface area contributed by atoms with Crippen LogP contribution in [-0.4, -0.2) is 25.0 Å². The lowest BCUT2D eigenvalue weighted by Crippen LogP contribution is -2.47. The fourth-order valence-corrected chi connectivity index (χ4v) is 2.51. The Morgan fingerprint density at radius 1 is 1.42 bits per heavy atom. The van der Waals surface area contributed by atoms with Crippen LogP contribution in [-0.2, 0) is 11.2 Å². The first-order valence-electron chi connectivity index (χ1n) is 6.21. The van der Waals surface area contributed by atoms with E-state index in [-0.39, 0.29) is 25.9 Å². The molecule has 104 valence electrons. The van der Waals surface area contributed by atoms with E-state index in [9.17, 15) is 18.0 Å². The minimum Gasteiger partial charge on any atom is -0.315 e. The lowest BCUT2D eigenvalue weighted by Gasteiger charge is -2.29. The van der Waals surface area contributed by atoms with Crippen molar-refractivity contribution in [3.8, 4) is 0 Å². The molecular formula is C14H16F3NO. The summed E-state index contributed by atoms with van der Waals surface area (Å²) in [5, 5.41) is 2.66. The first-order valence-corrected chi connectivity index (χ1v) is 6.21. The summed E-state index contributed by atoms with van der Waals surface area (Å²) in [6, 6.07) is 7.05. The number of aryl methyl sites for hydroxylation is 1. The molecule has 0 aliphatic carbocycles. The number of halogens is 3. The highest BCUT2D eigenvalue weighted by atomic mass is 19.4. The average molecular weight is 271 g/mol. The Hall–Kier alpha value is -1.36. The Balaban J connectivity index is 2.22. The maximum absolute atomic E-state index is 13.2. The number of rotatable bonds is 3. The molecule has 1 fully saturated rings. The first-order chi connectivity index (χ1) is 8.85. The van der Waals surface area contributed by atoms with Crippen molar-refractivity contribution < 1.29 is 18.0 Å². The Bertz CT molecular complexity index is 476. The number of hydrogen-bond acceptors (Lipinski definition) is 2. The van der Waals surface area contributed by atoms with Crippen LogP contribution in [0.5, 0.6) is 0 Å². The summed E-state index contributed by atoms with van der Waals surface area (Å²) in [7, 11) is 0. The second kappa shape index (κ2) is 4.96. The van der Waals surface area contributed by atoms with Crippen molar-refractivity contribution >= 4 is 5.78 Å². The number of nitrogens with one attached hydrogen (secondary N) is 1. The van der Waals surface area contributed by atoms with Crippen LogP contribution in [0.4, 0.5) is 13.2 Å². The molecule has 0 aromatic heterocycles. The summed E-state index contributed by atoms with van der Waals surface area (Å²) in [6.45, 7) is 1.78.